The first-order chi connectivity index (χ1) is 18.6. The van der Waals surface area contributed by atoms with Crippen molar-refractivity contribution in [1.29, 1.82) is 0 Å². The number of hydrogen-bond acceptors (Lipinski definition) is 8. The highest BCUT2D eigenvalue weighted by molar-refractivity contribution is 6.06. The fraction of sp³-hybridized carbons (Fsp3) is 0.222. The van der Waals surface area contributed by atoms with E-state index >= 15 is 0 Å². The third-order valence-corrected chi connectivity index (χ3v) is 6.32. The van der Waals surface area contributed by atoms with Crippen LogP contribution in [0, 0.1) is 0 Å². The molecule has 0 radical (unpaired) electrons. The van der Waals surface area contributed by atoms with Crippen molar-refractivity contribution in [3.63, 3.8) is 0 Å². The number of aromatic nitrogens is 6. The zero-order valence-electron chi connectivity index (χ0n) is 20.8. The second-order valence-electron chi connectivity index (χ2n) is 8.86. The summed E-state index contributed by atoms with van der Waals surface area (Å²) in [5.41, 5.74) is 8.94. The first-order valence-electron chi connectivity index (χ1n) is 12.4. The van der Waals surface area contributed by atoms with Gasteiger partial charge in [-0.15, -0.1) is 0 Å². The molecule has 0 aliphatic carbocycles. The maximum Gasteiger partial charge on any atom is 0.260 e. The van der Waals surface area contributed by atoms with Gasteiger partial charge in [-0.3, -0.25) is 14.3 Å². The van der Waals surface area contributed by atoms with Crippen LogP contribution in [0.4, 0.5) is 11.8 Å². The lowest BCUT2D eigenvalue weighted by molar-refractivity contribution is 0.0985. The Morgan fingerprint density at radius 2 is 1.89 bits per heavy atom. The summed E-state index contributed by atoms with van der Waals surface area (Å²) in [4.78, 5) is 29.5. The van der Waals surface area contributed by atoms with Gasteiger partial charge in [-0.05, 0) is 42.7 Å². The molecule has 0 spiro atoms. The first-order valence-corrected chi connectivity index (χ1v) is 12.4. The lowest BCUT2D eigenvalue weighted by atomic mass is 10.1. The predicted octanol–water partition coefficient (Wildman–Crippen LogP) is 3.62. The van der Waals surface area contributed by atoms with Crippen molar-refractivity contribution in [3.05, 3.63) is 78.1 Å². The Morgan fingerprint density at radius 3 is 2.68 bits per heavy atom. The number of nitrogen functional groups attached to an aromatic ring is 1. The smallest absolute Gasteiger partial charge is 0.260 e. The molecule has 1 aliphatic rings. The van der Waals surface area contributed by atoms with Gasteiger partial charge in [-0.1, -0.05) is 37.3 Å². The Labute approximate surface area is 218 Å². The Bertz CT molecular complexity index is 1600. The summed E-state index contributed by atoms with van der Waals surface area (Å²) in [6.07, 6.45) is 4.94. The molecule has 6 rings (SSSR count). The van der Waals surface area contributed by atoms with Crippen molar-refractivity contribution in [3.8, 4) is 17.4 Å². The molecule has 0 bridgehead atoms. The predicted molar refractivity (Wildman–Crippen MR) is 142 cm³/mol. The number of ether oxygens (including phenoxy) is 2. The van der Waals surface area contributed by atoms with E-state index in [9.17, 15) is 4.79 Å². The average molecular weight is 511 g/mol. The number of carbonyl (C=O) groups excluding carboxylic acids is 1. The van der Waals surface area contributed by atoms with E-state index in [1.807, 2.05) is 47.2 Å². The minimum Gasteiger partial charge on any atom is -0.454 e. The second-order valence-corrected chi connectivity index (χ2v) is 8.86. The van der Waals surface area contributed by atoms with E-state index < -0.39 is 0 Å². The molecule has 1 amide bonds. The molecule has 5 aromatic rings. The number of aryl methyl sites for hydroxylation is 1. The van der Waals surface area contributed by atoms with Crippen molar-refractivity contribution in [1.82, 2.24) is 29.3 Å². The van der Waals surface area contributed by atoms with E-state index in [0.29, 0.717) is 53.7 Å². The monoisotopic (exact) mass is 510 g/mol. The number of fused-ring (bicyclic) bond motifs is 2. The maximum atomic E-state index is 13.9. The van der Waals surface area contributed by atoms with Gasteiger partial charge in [0.15, 0.2) is 28.5 Å². The summed E-state index contributed by atoms with van der Waals surface area (Å²) in [5, 5.41) is 4.33. The number of imidazole rings is 1. The van der Waals surface area contributed by atoms with E-state index in [1.54, 1.807) is 34.0 Å². The van der Waals surface area contributed by atoms with Gasteiger partial charge in [0.2, 0.25) is 18.7 Å². The second kappa shape index (κ2) is 9.85. The Balaban J connectivity index is 1.44. The van der Waals surface area contributed by atoms with Gasteiger partial charge in [0.25, 0.3) is 5.91 Å². The Kier molecular flexibility index (Phi) is 6.08. The molecule has 11 heteroatoms. The first kappa shape index (κ1) is 23.5. The van der Waals surface area contributed by atoms with Crippen molar-refractivity contribution in [2.24, 2.45) is 0 Å². The molecule has 0 saturated heterocycles. The average Bonchev–Trinajstić information content (AvgIpc) is 3.70. The van der Waals surface area contributed by atoms with Gasteiger partial charge in [0, 0.05) is 31.0 Å². The van der Waals surface area contributed by atoms with Crippen molar-refractivity contribution >= 4 is 28.8 Å². The van der Waals surface area contributed by atoms with Gasteiger partial charge < -0.3 is 15.2 Å². The highest BCUT2D eigenvalue weighted by Crippen LogP contribution is 2.33. The zero-order valence-corrected chi connectivity index (χ0v) is 20.8. The molecule has 0 fully saturated rings. The van der Waals surface area contributed by atoms with Crippen molar-refractivity contribution in [2.75, 3.05) is 24.0 Å². The molecule has 0 unspecified atom stereocenters. The number of nitrogens with zero attached hydrogens (tertiary/aromatic N) is 7. The summed E-state index contributed by atoms with van der Waals surface area (Å²) < 4.78 is 14.5. The number of amides is 1. The standard InChI is InChI=1S/C27H26N8O3/c1-2-13-33-24-22(30-27(33)35-14-6-12-29-35)23(28)31-26(32-24)34(15-11-18-7-4-3-5-8-18)25(36)19-9-10-20-21(16-19)38-17-37-20/h3-10,12,14,16H,2,11,13,15,17H2,1H3,(H2,28,31,32). The third-order valence-electron chi connectivity index (χ3n) is 6.32. The lowest BCUT2D eigenvalue weighted by Crippen LogP contribution is -2.34. The van der Waals surface area contributed by atoms with Crippen molar-refractivity contribution in [2.45, 2.75) is 26.3 Å². The molecule has 38 heavy (non-hydrogen) atoms. The Hall–Kier alpha value is -4.93. The van der Waals surface area contributed by atoms with Crippen LogP contribution < -0.4 is 20.1 Å². The largest absolute Gasteiger partial charge is 0.454 e. The summed E-state index contributed by atoms with van der Waals surface area (Å²) >= 11 is 0. The summed E-state index contributed by atoms with van der Waals surface area (Å²) in [6, 6.07) is 16.9. The number of nitrogens with two attached hydrogens (primary N) is 1. The minimum absolute atomic E-state index is 0.126. The van der Waals surface area contributed by atoms with E-state index in [0.717, 1.165) is 12.0 Å². The normalized spacial score (nSPS) is 12.2. The molecule has 192 valence electrons. The molecule has 11 nitrogen and oxygen atoms in total. The topological polar surface area (TPSA) is 126 Å². The van der Waals surface area contributed by atoms with Crippen molar-refractivity contribution < 1.29 is 14.3 Å². The quantitative estimate of drug-likeness (QED) is 0.335. The maximum absolute atomic E-state index is 13.9. The molecular formula is C27H26N8O3. The van der Waals surface area contributed by atoms with Crippen LogP contribution in [0.15, 0.2) is 67.0 Å². The summed E-state index contributed by atoms with van der Waals surface area (Å²) in [6.45, 7) is 3.18. The molecule has 1 aliphatic heterocycles. The highest BCUT2D eigenvalue weighted by atomic mass is 16.7. The van der Waals surface area contributed by atoms with E-state index in [-0.39, 0.29) is 24.5 Å². The van der Waals surface area contributed by atoms with Gasteiger partial charge in [0.1, 0.15) is 0 Å². The van der Waals surface area contributed by atoms with E-state index in [4.69, 9.17) is 20.2 Å². The molecule has 0 saturated carbocycles. The van der Waals surface area contributed by atoms with Crippen LogP contribution in [-0.4, -0.2) is 48.5 Å². The molecule has 2 N–H and O–H groups in total. The molecule has 2 aromatic carbocycles. The van der Waals surface area contributed by atoms with Crippen LogP contribution in [0.5, 0.6) is 11.5 Å². The zero-order chi connectivity index (χ0) is 26.1. The Morgan fingerprint density at radius 1 is 1.05 bits per heavy atom. The van der Waals surface area contributed by atoms with Gasteiger partial charge in [-0.2, -0.15) is 15.1 Å². The number of rotatable bonds is 8. The lowest BCUT2D eigenvalue weighted by Gasteiger charge is -2.21. The molecular weight excluding hydrogens is 484 g/mol. The van der Waals surface area contributed by atoms with Gasteiger partial charge >= 0.3 is 0 Å². The number of hydrogen-bond donors (Lipinski definition) is 1. The molecule has 3 aromatic heterocycles. The SMILES string of the molecule is CCCn1c(-n2cccn2)nc2c(N)nc(N(CCc3ccccc3)C(=O)c3ccc4c(c3)OCO4)nc21. The van der Waals surface area contributed by atoms with Crippen LogP contribution >= 0.6 is 0 Å². The fourth-order valence-corrected chi connectivity index (χ4v) is 4.47. The minimum atomic E-state index is -0.271. The van der Waals surface area contributed by atoms with Gasteiger partial charge in [-0.25, -0.2) is 9.67 Å². The molecule has 0 atom stereocenters. The fourth-order valence-electron chi connectivity index (χ4n) is 4.47. The number of benzene rings is 2. The van der Waals surface area contributed by atoms with Crippen LogP contribution in [-0.2, 0) is 13.0 Å². The summed E-state index contributed by atoms with van der Waals surface area (Å²) in [5.74, 6) is 1.85. The third kappa shape index (κ3) is 4.27. The number of carbonyl (C=O) groups is 1. The van der Waals surface area contributed by atoms with Crippen LogP contribution in [0.25, 0.3) is 17.1 Å². The molecule has 4 heterocycles. The van der Waals surface area contributed by atoms with E-state index in [1.165, 1.54) is 0 Å². The summed E-state index contributed by atoms with van der Waals surface area (Å²) in [7, 11) is 0. The van der Waals surface area contributed by atoms with Gasteiger partial charge in [0.05, 0.1) is 0 Å². The highest BCUT2D eigenvalue weighted by Gasteiger charge is 2.26. The van der Waals surface area contributed by atoms with Crippen LogP contribution in [0.3, 0.4) is 0 Å². The number of anilines is 2. The van der Waals surface area contributed by atoms with Crippen LogP contribution in [0.2, 0.25) is 0 Å². The van der Waals surface area contributed by atoms with E-state index in [2.05, 4.69) is 22.0 Å². The van der Waals surface area contributed by atoms with Crippen LogP contribution in [0.1, 0.15) is 29.3 Å².